The van der Waals surface area contributed by atoms with Gasteiger partial charge in [0.05, 0.1) is 6.20 Å². The highest BCUT2D eigenvalue weighted by Crippen LogP contribution is 2.33. The van der Waals surface area contributed by atoms with Crippen molar-refractivity contribution in [3.05, 3.63) is 18.4 Å². The molecule has 90 valence electrons. The van der Waals surface area contributed by atoms with E-state index in [1.807, 2.05) is 0 Å². The van der Waals surface area contributed by atoms with Gasteiger partial charge in [0.2, 0.25) is 5.78 Å². The lowest BCUT2D eigenvalue weighted by molar-refractivity contribution is -0.119. The predicted octanol–water partition coefficient (Wildman–Crippen LogP) is 2.62. The third-order valence-electron chi connectivity index (χ3n) is 3.44. The molecule has 1 aliphatic carbocycles. The maximum atomic E-state index is 11.9. The van der Waals surface area contributed by atoms with E-state index in [9.17, 15) is 4.79 Å². The zero-order valence-electron chi connectivity index (χ0n) is 10.1. The number of nitrogens with zero attached hydrogens (tertiary/aromatic N) is 1. The summed E-state index contributed by atoms with van der Waals surface area (Å²) in [5.41, 5.74) is 0. The Morgan fingerprint density at radius 2 is 2.35 bits per heavy atom. The van der Waals surface area contributed by atoms with Gasteiger partial charge >= 0.3 is 0 Å². The lowest BCUT2D eigenvalue weighted by Gasteiger charge is -2.28. The molecule has 2 atom stereocenters. The van der Waals surface area contributed by atoms with Gasteiger partial charge in [0.15, 0.2) is 6.39 Å². The molecule has 1 fully saturated rings. The number of carbonyl (C=O) groups excluding carboxylic acids is 1. The van der Waals surface area contributed by atoms with Crippen LogP contribution >= 0.6 is 0 Å². The molecule has 0 saturated heterocycles. The van der Waals surface area contributed by atoms with Crippen molar-refractivity contribution >= 4 is 5.78 Å². The molecule has 2 rings (SSSR count). The Balaban J connectivity index is 2.06. The van der Waals surface area contributed by atoms with Crippen molar-refractivity contribution in [2.24, 2.45) is 11.8 Å². The van der Waals surface area contributed by atoms with E-state index >= 15 is 0 Å². The van der Waals surface area contributed by atoms with Crippen LogP contribution in [0.25, 0.3) is 0 Å². The van der Waals surface area contributed by atoms with Crippen LogP contribution in [0.15, 0.2) is 17.0 Å². The number of rotatable bonds is 3. The summed E-state index contributed by atoms with van der Waals surface area (Å²) in [5.74, 6) is 6.82. The first-order valence-corrected chi connectivity index (χ1v) is 6.15. The Bertz CT molecular complexity index is 425. The van der Waals surface area contributed by atoms with Crippen LogP contribution in [0.1, 0.15) is 38.4 Å². The minimum Gasteiger partial charge on any atom is -0.449 e. The first kappa shape index (κ1) is 11.9. The SMILES string of the molecule is CC#CC(=O)C1CCCC[C@@H]1Cc1cnco1. The van der Waals surface area contributed by atoms with E-state index < -0.39 is 0 Å². The Morgan fingerprint density at radius 1 is 1.53 bits per heavy atom. The standard InChI is InChI=1S/C14H17NO2/c1-2-5-14(16)13-7-4-3-6-11(13)8-12-9-15-10-17-12/h9-11,13H,3-4,6-8H2,1H3/t11-,13?/m1/s1. The van der Waals surface area contributed by atoms with Gasteiger partial charge in [-0.2, -0.15) is 0 Å². The van der Waals surface area contributed by atoms with Crippen LogP contribution in [-0.2, 0) is 11.2 Å². The highest BCUT2D eigenvalue weighted by atomic mass is 16.3. The average molecular weight is 231 g/mol. The third-order valence-corrected chi connectivity index (χ3v) is 3.44. The molecule has 3 nitrogen and oxygen atoms in total. The second-order valence-corrected chi connectivity index (χ2v) is 4.56. The fourth-order valence-electron chi connectivity index (χ4n) is 2.61. The number of Topliss-reactive ketones (excluding diaryl/α,β-unsaturated/α-hetero) is 1. The summed E-state index contributed by atoms with van der Waals surface area (Å²) in [7, 11) is 0. The maximum absolute atomic E-state index is 11.9. The van der Waals surface area contributed by atoms with Crippen molar-refractivity contribution in [3.63, 3.8) is 0 Å². The first-order chi connectivity index (χ1) is 8.31. The third kappa shape index (κ3) is 2.97. The summed E-state index contributed by atoms with van der Waals surface area (Å²) in [6, 6.07) is 0. The van der Waals surface area contributed by atoms with Gasteiger partial charge in [-0.1, -0.05) is 18.8 Å². The van der Waals surface area contributed by atoms with Gasteiger partial charge in [0.25, 0.3) is 0 Å². The van der Waals surface area contributed by atoms with Crippen molar-refractivity contribution in [2.75, 3.05) is 0 Å². The quantitative estimate of drug-likeness (QED) is 0.593. The van der Waals surface area contributed by atoms with Crippen molar-refractivity contribution < 1.29 is 9.21 Å². The zero-order chi connectivity index (χ0) is 12.1. The lowest BCUT2D eigenvalue weighted by atomic mass is 9.75. The monoisotopic (exact) mass is 231 g/mol. The minimum atomic E-state index is 0.0845. The second kappa shape index (κ2) is 5.67. The second-order valence-electron chi connectivity index (χ2n) is 4.56. The molecule has 0 N–H and O–H groups in total. The summed E-state index contributed by atoms with van der Waals surface area (Å²) < 4.78 is 5.27. The van der Waals surface area contributed by atoms with Crippen LogP contribution < -0.4 is 0 Å². The highest BCUT2D eigenvalue weighted by molar-refractivity contribution is 5.97. The maximum Gasteiger partial charge on any atom is 0.208 e. The number of aromatic nitrogens is 1. The van der Waals surface area contributed by atoms with Crippen LogP contribution in [0.3, 0.4) is 0 Å². The zero-order valence-corrected chi connectivity index (χ0v) is 10.1. The molecule has 0 bridgehead atoms. The van der Waals surface area contributed by atoms with Crippen LogP contribution in [0.4, 0.5) is 0 Å². The number of ketones is 1. The average Bonchev–Trinajstić information content (AvgIpc) is 2.83. The Kier molecular flexibility index (Phi) is 3.98. The molecule has 1 unspecified atom stereocenters. The van der Waals surface area contributed by atoms with Gasteiger partial charge in [0, 0.05) is 12.3 Å². The fraction of sp³-hybridized carbons (Fsp3) is 0.571. The normalized spacial score (nSPS) is 23.8. The summed E-state index contributed by atoms with van der Waals surface area (Å²) in [5, 5.41) is 0. The Hall–Kier alpha value is -1.56. The van der Waals surface area contributed by atoms with Crippen LogP contribution in [0.2, 0.25) is 0 Å². The molecule has 1 aromatic rings. The van der Waals surface area contributed by atoms with Crippen LogP contribution in [0, 0.1) is 23.7 Å². The van der Waals surface area contributed by atoms with E-state index in [1.54, 1.807) is 13.1 Å². The number of hydrogen-bond acceptors (Lipinski definition) is 3. The van der Waals surface area contributed by atoms with Gasteiger partial charge in [-0.3, -0.25) is 4.79 Å². The van der Waals surface area contributed by atoms with Gasteiger partial charge in [0.1, 0.15) is 5.76 Å². The summed E-state index contributed by atoms with van der Waals surface area (Å²) >= 11 is 0. The molecule has 1 aromatic heterocycles. The van der Waals surface area contributed by atoms with E-state index in [4.69, 9.17) is 4.42 Å². The smallest absolute Gasteiger partial charge is 0.208 e. The van der Waals surface area contributed by atoms with Crippen LogP contribution in [0.5, 0.6) is 0 Å². The molecule has 17 heavy (non-hydrogen) atoms. The van der Waals surface area contributed by atoms with Gasteiger partial charge in [-0.15, -0.1) is 0 Å². The summed E-state index contributed by atoms with van der Waals surface area (Å²) in [6.07, 6.45) is 8.37. The van der Waals surface area contributed by atoms with E-state index in [0.29, 0.717) is 5.92 Å². The molecule has 3 heteroatoms. The van der Waals surface area contributed by atoms with Gasteiger partial charge in [-0.25, -0.2) is 4.98 Å². The van der Waals surface area contributed by atoms with Crippen molar-refractivity contribution in [3.8, 4) is 11.8 Å². The molecule has 1 aliphatic rings. The highest BCUT2D eigenvalue weighted by Gasteiger charge is 2.30. The topological polar surface area (TPSA) is 43.1 Å². The van der Waals surface area contributed by atoms with E-state index in [2.05, 4.69) is 16.8 Å². The molecule has 0 spiro atoms. The molecule has 0 aromatic carbocycles. The van der Waals surface area contributed by atoms with Crippen molar-refractivity contribution in [1.29, 1.82) is 0 Å². The predicted molar refractivity (Wildman–Crippen MR) is 64.1 cm³/mol. The summed E-state index contributed by atoms with van der Waals surface area (Å²) in [4.78, 5) is 15.8. The molecular formula is C14H17NO2. The molecule has 0 radical (unpaired) electrons. The fourth-order valence-corrected chi connectivity index (χ4v) is 2.61. The van der Waals surface area contributed by atoms with E-state index in [0.717, 1.165) is 31.4 Å². The van der Waals surface area contributed by atoms with Crippen molar-refractivity contribution in [2.45, 2.75) is 39.0 Å². The number of hydrogen-bond donors (Lipinski definition) is 0. The van der Waals surface area contributed by atoms with E-state index in [-0.39, 0.29) is 11.7 Å². The molecule has 1 heterocycles. The van der Waals surface area contributed by atoms with Crippen molar-refractivity contribution in [1.82, 2.24) is 4.98 Å². The molecule has 1 saturated carbocycles. The summed E-state index contributed by atoms with van der Waals surface area (Å²) in [6.45, 7) is 1.71. The Labute approximate surface area is 102 Å². The first-order valence-electron chi connectivity index (χ1n) is 6.15. The largest absolute Gasteiger partial charge is 0.449 e. The van der Waals surface area contributed by atoms with E-state index in [1.165, 1.54) is 12.8 Å². The number of oxazole rings is 1. The molecule has 0 aliphatic heterocycles. The van der Waals surface area contributed by atoms with Crippen LogP contribution in [-0.4, -0.2) is 10.8 Å². The molecular weight excluding hydrogens is 214 g/mol. The Morgan fingerprint density at radius 3 is 3.06 bits per heavy atom. The number of carbonyl (C=O) groups is 1. The van der Waals surface area contributed by atoms with Gasteiger partial charge < -0.3 is 4.42 Å². The lowest BCUT2D eigenvalue weighted by Crippen LogP contribution is -2.27. The molecule has 0 amide bonds. The minimum absolute atomic E-state index is 0.0845. The van der Waals surface area contributed by atoms with Gasteiger partial charge in [-0.05, 0) is 31.6 Å².